The fourth-order valence-corrected chi connectivity index (χ4v) is 2.92. The third kappa shape index (κ3) is 3.38. The van der Waals surface area contributed by atoms with Gasteiger partial charge in [-0.25, -0.2) is 4.98 Å². The molecule has 130 valence electrons. The first-order chi connectivity index (χ1) is 12.7. The molecule has 0 atom stereocenters. The molecule has 0 saturated carbocycles. The van der Waals surface area contributed by atoms with Crippen molar-refractivity contribution in [3.05, 3.63) is 65.7 Å². The smallest absolute Gasteiger partial charge is 0.142 e. The number of hydrogen-bond donors (Lipinski definition) is 1. The van der Waals surface area contributed by atoms with Crippen LogP contribution in [0, 0.1) is 11.3 Å². The van der Waals surface area contributed by atoms with E-state index in [9.17, 15) is 5.26 Å². The van der Waals surface area contributed by atoms with Crippen LogP contribution >= 0.6 is 0 Å². The summed E-state index contributed by atoms with van der Waals surface area (Å²) in [5, 5.41) is 9.60. The number of anilines is 1. The summed E-state index contributed by atoms with van der Waals surface area (Å²) in [5.41, 5.74) is 11.0. The molecular formula is C22H21N3O. The van der Waals surface area contributed by atoms with Crippen LogP contribution in [0.2, 0.25) is 0 Å². The number of ether oxygens (including phenoxy) is 1. The van der Waals surface area contributed by atoms with E-state index in [1.165, 1.54) is 5.56 Å². The number of nitriles is 1. The molecule has 2 N–H and O–H groups in total. The van der Waals surface area contributed by atoms with Crippen molar-refractivity contribution in [2.75, 3.05) is 12.3 Å². The van der Waals surface area contributed by atoms with Crippen molar-refractivity contribution in [2.24, 2.45) is 0 Å². The minimum Gasteiger partial charge on any atom is -0.493 e. The van der Waals surface area contributed by atoms with E-state index in [-0.39, 0.29) is 5.82 Å². The Hall–Kier alpha value is -3.32. The van der Waals surface area contributed by atoms with Crippen molar-refractivity contribution >= 4 is 5.82 Å². The molecule has 0 amide bonds. The Morgan fingerprint density at radius 1 is 1.04 bits per heavy atom. The van der Waals surface area contributed by atoms with Crippen LogP contribution in [-0.2, 0) is 6.42 Å². The molecule has 0 bridgehead atoms. The fraction of sp³-hybridized carbons (Fsp3) is 0.182. The first-order valence-corrected chi connectivity index (χ1v) is 8.70. The van der Waals surface area contributed by atoms with Crippen molar-refractivity contribution in [3.8, 4) is 34.2 Å². The maximum absolute atomic E-state index is 9.60. The quantitative estimate of drug-likeness (QED) is 0.720. The van der Waals surface area contributed by atoms with E-state index in [2.05, 4.69) is 30.1 Å². The Morgan fingerprint density at radius 2 is 1.77 bits per heavy atom. The fourth-order valence-electron chi connectivity index (χ4n) is 2.92. The summed E-state index contributed by atoms with van der Waals surface area (Å²) in [6.45, 7) is 4.60. The third-order valence-corrected chi connectivity index (χ3v) is 4.29. The molecule has 1 aromatic heterocycles. The highest BCUT2D eigenvalue weighted by molar-refractivity contribution is 5.83. The van der Waals surface area contributed by atoms with Crippen molar-refractivity contribution < 1.29 is 4.74 Å². The predicted molar refractivity (Wildman–Crippen MR) is 105 cm³/mol. The van der Waals surface area contributed by atoms with Crippen LogP contribution in [-0.4, -0.2) is 11.6 Å². The van der Waals surface area contributed by atoms with Crippen molar-refractivity contribution in [2.45, 2.75) is 20.3 Å². The van der Waals surface area contributed by atoms with Crippen LogP contribution in [0.1, 0.15) is 25.0 Å². The number of pyridine rings is 1. The number of rotatable bonds is 5. The van der Waals surface area contributed by atoms with Gasteiger partial charge in [-0.3, -0.25) is 0 Å². The monoisotopic (exact) mass is 343 g/mol. The summed E-state index contributed by atoms with van der Waals surface area (Å²) < 4.78 is 5.74. The number of nitrogens with zero attached hydrogens (tertiary/aromatic N) is 2. The minimum atomic E-state index is 0.228. The molecule has 4 nitrogen and oxygen atoms in total. The number of aryl methyl sites for hydroxylation is 1. The molecule has 0 unspecified atom stereocenters. The molecule has 0 aliphatic heterocycles. The van der Waals surface area contributed by atoms with Gasteiger partial charge in [0.1, 0.15) is 23.2 Å². The average Bonchev–Trinajstić information content (AvgIpc) is 2.68. The average molecular weight is 343 g/mol. The zero-order chi connectivity index (χ0) is 18.5. The molecule has 0 saturated heterocycles. The molecule has 4 heteroatoms. The maximum atomic E-state index is 9.60. The van der Waals surface area contributed by atoms with E-state index in [1.54, 1.807) is 0 Å². The van der Waals surface area contributed by atoms with Gasteiger partial charge in [0.05, 0.1) is 12.3 Å². The van der Waals surface area contributed by atoms with Gasteiger partial charge >= 0.3 is 0 Å². The lowest BCUT2D eigenvalue weighted by Gasteiger charge is -2.14. The summed E-state index contributed by atoms with van der Waals surface area (Å²) in [6, 6.07) is 20.0. The lowest BCUT2D eigenvalue weighted by molar-refractivity contribution is 0.341. The van der Waals surface area contributed by atoms with Gasteiger partial charge in [0.15, 0.2) is 0 Å². The predicted octanol–water partition coefficient (Wildman–Crippen LogP) is 4.83. The zero-order valence-corrected chi connectivity index (χ0v) is 15.0. The number of aromatic nitrogens is 1. The highest BCUT2D eigenvalue weighted by Crippen LogP contribution is 2.36. The van der Waals surface area contributed by atoms with Crippen LogP contribution < -0.4 is 10.5 Å². The zero-order valence-electron chi connectivity index (χ0n) is 15.0. The van der Waals surface area contributed by atoms with Crippen LogP contribution in [0.5, 0.6) is 5.75 Å². The number of hydrogen-bond acceptors (Lipinski definition) is 4. The summed E-state index contributed by atoms with van der Waals surface area (Å²) in [7, 11) is 0. The second kappa shape index (κ2) is 7.71. The molecule has 0 radical (unpaired) electrons. The third-order valence-electron chi connectivity index (χ3n) is 4.29. The first kappa shape index (κ1) is 17.5. The highest BCUT2D eigenvalue weighted by Gasteiger charge is 2.16. The molecule has 0 aliphatic carbocycles. The molecule has 26 heavy (non-hydrogen) atoms. The Morgan fingerprint density at radius 3 is 2.42 bits per heavy atom. The van der Waals surface area contributed by atoms with Gasteiger partial charge in [0.2, 0.25) is 0 Å². The van der Waals surface area contributed by atoms with E-state index in [0.717, 1.165) is 34.6 Å². The molecule has 0 aliphatic rings. The summed E-state index contributed by atoms with van der Waals surface area (Å²) in [4.78, 5) is 4.45. The standard InChI is InChI=1S/C22H21N3O/c1-3-15-9-11-16(12-10-15)20-13-18(19(14-23)22(24)25-20)17-7-5-6-8-21(17)26-4-2/h5-13H,3-4H2,1-2H3,(H2,24,25). The van der Waals surface area contributed by atoms with Gasteiger partial charge in [-0.15, -0.1) is 0 Å². The Bertz CT molecular complexity index is 956. The molecule has 3 rings (SSSR count). The Labute approximate surface area is 153 Å². The van der Waals surface area contributed by atoms with Gasteiger partial charge in [0.25, 0.3) is 0 Å². The van der Waals surface area contributed by atoms with Crippen LogP contribution in [0.15, 0.2) is 54.6 Å². The summed E-state index contributed by atoms with van der Waals surface area (Å²) >= 11 is 0. The van der Waals surface area contributed by atoms with Gasteiger partial charge < -0.3 is 10.5 Å². The lowest BCUT2D eigenvalue weighted by atomic mass is 9.97. The Balaban J connectivity index is 2.19. The molecule has 1 heterocycles. The molecule has 2 aromatic carbocycles. The number of para-hydroxylation sites is 1. The SMILES string of the molecule is CCOc1ccccc1-c1cc(-c2ccc(CC)cc2)nc(N)c1C#N. The van der Waals surface area contributed by atoms with E-state index < -0.39 is 0 Å². The van der Waals surface area contributed by atoms with E-state index >= 15 is 0 Å². The van der Waals surface area contributed by atoms with Crippen molar-refractivity contribution in [1.29, 1.82) is 5.26 Å². The van der Waals surface area contributed by atoms with E-state index in [0.29, 0.717) is 12.2 Å². The van der Waals surface area contributed by atoms with E-state index in [1.807, 2.05) is 49.4 Å². The van der Waals surface area contributed by atoms with Crippen LogP contribution in [0.4, 0.5) is 5.82 Å². The van der Waals surface area contributed by atoms with E-state index in [4.69, 9.17) is 10.5 Å². The second-order valence-electron chi connectivity index (χ2n) is 5.91. The second-order valence-corrected chi connectivity index (χ2v) is 5.91. The van der Waals surface area contributed by atoms with Crippen molar-refractivity contribution in [1.82, 2.24) is 4.98 Å². The Kier molecular flexibility index (Phi) is 5.19. The number of nitrogen functional groups attached to an aromatic ring is 1. The van der Waals surface area contributed by atoms with Gasteiger partial charge in [-0.2, -0.15) is 5.26 Å². The number of nitrogens with two attached hydrogens (primary N) is 1. The molecular weight excluding hydrogens is 322 g/mol. The highest BCUT2D eigenvalue weighted by atomic mass is 16.5. The summed E-state index contributed by atoms with van der Waals surface area (Å²) in [5.74, 6) is 0.954. The summed E-state index contributed by atoms with van der Waals surface area (Å²) in [6.07, 6.45) is 0.982. The first-order valence-electron chi connectivity index (χ1n) is 8.70. The number of benzene rings is 2. The molecule has 0 fully saturated rings. The minimum absolute atomic E-state index is 0.228. The van der Waals surface area contributed by atoms with Crippen LogP contribution in [0.25, 0.3) is 22.4 Å². The lowest BCUT2D eigenvalue weighted by Crippen LogP contribution is -2.01. The molecule has 0 spiro atoms. The maximum Gasteiger partial charge on any atom is 0.142 e. The van der Waals surface area contributed by atoms with Crippen LogP contribution in [0.3, 0.4) is 0 Å². The normalized spacial score (nSPS) is 10.3. The topological polar surface area (TPSA) is 71.9 Å². The van der Waals surface area contributed by atoms with Gasteiger partial charge in [-0.05, 0) is 31.0 Å². The van der Waals surface area contributed by atoms with Gasteiger partial charge in [-0.1, -0.05) is 49.4 Å². The van der Waals surface area contributed by atoms with Crippen molar-refractivity contribution in [3.63, 3.8) is 0 Å². The molecule has 3 aromatic rings. The van der Waals surface area contributed by atoms with Gasteiger partial charge in [0, 0.05) is 16.7 Å². The largest absolute Gasteiger partial charge is 0.493 e.